The van der Waals surface area contributed by atoms with Gasteiger partial charge in [-0.2, -0.15) is 0 Å². The number of nitrogens with zero attached hydrogens (tertiary/aromatic N) is 1. The number of hydrogen-bond donors (Lipinski definition) is 0. The minimum Gasteiger partial charge on any atom is -0.258 e. The van der Waals surface area contributed by atoms with Crippen molar-refractivity contribution in [2.24, 2.45) is 0 Å². The summed E-state index contributed by atoms with van der Waals surface area (Å²) in [6, 6.07) is 12.0. The molecule has 0 aliphatic heterocycles. The summed E-state index contributed by atoms with van der Waals surface area (Å²) in [6.45, 7) is 0. The normalized spacial score (nSPS) is 9.78. The lowest BCUT2D eigenvalue weighted by molar-refractivity contribution is -0.384. The predicted molar refractivity (Wildman–Crippen MR) is 74.2 cm³/mol. The fourth-order valence-electron chi connectivity index (χ4n) is 1.68. The number of halogens is 1. The highest BCUT2D eigenvalue weighted by molar-refractivity contribution is 9.10. The fraction of sp³-hybridized carbons (Fsp3) is 0. The average Bonchev–Trinajstić information content (AvgIpc) is 2.38. The summed E-state index contributed by atoms with van der Waals surface area (Å²) >= 11 is 3.34. The van der Waals surface area contributed by atoms with Crippen molar-refractivity contribution in [3.05, 3.63) is 62.6 Å². The number of nitro benzene ring substituents is 1. The lowest BCUT2D eigenvalue weighted by atomic mass is 10.0. The maximum absolute atomic E-state index is 11.0. The molecular formula is C14H8BrNO2. The Morgan fingerprint density at radius 2 is 1.83 bits per heavy atom. The largest absolute Gasteiger partial charge is 0.278 e. The van der Waals surface area contributed by atoms with Crippen molar-refractivity contribution in [3.8, 4) is 23.5 Å². The molecule has 0 aliphatic carbocycles. The molecule has 0 heterocycles. The first-order valence-corrected chi connectivity index (χ1v) is 5.92. The molecule has 0 unspecified atom stereocenters. The Morgan fingerprint density at radius 1 is 1.17 bits per heavy atom. The Morgan fingerprint density at radius 3 is 2.39 bits per heavy atom. The van der Waals surface area contributed by atoms with Crippen molar-refractivity contribution in [2.75, 3.05) is 0 Å². The first kappa shape index (κ1) is 12.3. The third kappa shape index (κ3) is 2.27. The second kappa shape index (κ2) is 5.03. The Bertz CT molecular complexity index is 642. The number of nitro groups is 1. The number of benzene rings is 2. The Balaban J connectivity index is 2.62. The first-order valence-electron chi connectivity index (χ1n) is 5.13. The van der Waals surface area contributed by atoms with Gasteiger partial charge in [0.25, 0.3) is 5.69 Å². The van der Waals surface area contributed by atoms with Gasteiger partial charge in [-0.25, -0.2) is 0 Å². The zero-order valence-corrected chi connectivity index (χ0v) is 10.8. The van der Waals surface area contributed by atoms with E-state index in [1.165, 1.54) is 6.07 Å². The van der Waals surface area contributed by atoms with Crippen molar-refractivity contribution in [2.45, 2.75) is 0 Å². The molecule has 0 fully saturated rings. The van der Waals surface area contributed by atoms with Gasteiger partial charge in [-0.15, -0.1) is 6.42 Å². The lowest BCUT2D eigenvalue weighted by Gasteiger charge is -2.05. The average molecular weight is 302 g/mol. The van der Waals surface area contributed by atoms with Gasteiger partial charge in [0.05, 0.1) is 10.5 Å². The summed E-state index contributed by atoms with van der Waals surface area (Å²) in [5.74, 6) is 2.51. The quantitative estimate of drug-likeness (QED) is 0.478. The van der Waals surface area contributed by atoms with Crippen LogP contribution in [-0.2, 0) is 0 Å². The van der Waals surface area contributed by atoms with Gasteiger partial charge in [-0.3, -0.25) is 10.1 Å². The van der Waals surface area contributed by atoms with Crippen LogP contribution in [0.5, 0.6) is 0 Å². The van der Waals surface area contributed by atoms with E-state index in [9.17, 15) is 10.1 Å². The van der Waals surface area contributed by atoms with E-state index in [1.54, 1.807) is 36.4 Å². The molecule has 0 atom stereocenters. The Hall–Kier alpha value is -2.12. The summed E-state index contributed by atoms with van der Waals surface area (Å²) in [7, 11) is 0. The SMILES string of the molecule is C#Cc1ccc(-c2c(Br)cccc2[N+](=O)[O-])cc1. The zero-order chi connectivity index (χ0) is 13.1. The minimum absolute atomic E-state index is 0.0674. The van der Waals surface area contributed by atoms with Gasteiger partial charge in [-0.05, 0) is 39.7 Å². The highest BCUT2D eigenvalue weighted by Crippen LogP contribution is 2.36. The summed E-state index contributed by atoms with van der Waals surface area (Å²) in [4.78, 5) is 10.6. The van der Waals surface area contributed by atoms with Crippen LogP contribution in [0, 0.1) is 22.5 Å². The molecule has 0 amide bonds. The summed E-state index contributed by atoms with van der Waals surface area (Å²) < 4.78 is 0.685. The molecular weight excluding hydrogens is 294 g/mol. The zero-order valence-electron chi connectivity index (χ0n) is 9.26. The number of terminal acetylenes is 1. The van der Waals surface area contributed by atoms with Crippen LogP contribution in [0.3, 0.4) is 0 Å². The molecule has 0 aliphatic rings. The molecule has 2 aromatic carbocycles. The van der Waals surface area contributed by atoms with E-state index in [-0.39, 0.29) is 5.69 Å². The van der Waals surface area contributed by atoms with Gasteiger partial charge in [0.15, 0.2) is 0 Å². The number of rotatable bonds is 2. The van der Waals surface area contributed by atoms with Crippen molar-refractivity contribution < 1.29 is 4.92 Å². The second-order valence-corrected chi connectivity index (χ2v) is 4.47. The first-order chi connectivity index (χ1) is 8.63. The summed E-state index contributed by atoms with van der Waals surface area (Å²) in [6.07, 6.45) is 5.28. The predicted octanol–water partition coefficient (Wildman–Crippen LogP) is 4.01. The Labute approximate surface area is 113 Å². The summed E-state index contributed by atoms with van der Waals surface area (Å²) in [5.41, 5.74) is 2.13. The molecule has 0 bridgehead atoms. The molecule has 0 N–H and O–H groups in total. The molecule has 0 radical (unpaired) electrons. The minimum atomic E-state index is -0.394. The van der Waals surface area contributed by atoms with Crippen LogP contribution in [0.15, 0.2) is 46.9 Å². The molecule has 0 spiro atoms. The van der Waals surface area contributed by atoms with Crippen LogP contribution < -0.4 is 0 Å². The van der Waals surface area contributed by atoms with E-state index in [1.807, 2.05) is 0 Å². The van der Waals surface area contributed by atoms with Crippen LogP contribution >= 0.6 is 15.9 Å². The molecule has 4 heteroatoms. The van der Waals surface area contributed by atoms with E-state index in [0.717, 1.165) is 11.1 Å². The standard InChI is InChI=1S/C14H8BrNO2/c1-2-10-6-8-11(9-7-10)14-12(15)4-3-5-13(14)16(17)18/h1,3-9H. The van der Waals surface area contributed by atoms with E-state index in [2.05, 4.69) is 21.9 Å². The van der Waals surface area contributed by atoms with Gasteiger partial charge in [-0.1, -0.05) is 24.1 Å². The van der Waals surface area contributed by atoms with Crippen molar-refractivity contribution in [1.29, 1.82) is 0 Å². The Kier molecular flexibility index (Phi) is 3.45. The highest BCUT2D eigenvalue weighted by Gasteiger charge is 2.17. The smallest absolute Gasteiger partial charge is 0.258 e. The van der Waals surface area contributed by atoms with Gasteiger partial charge >= 0.3 is 0 Å². The van der Waals surface area contributed by atoms with Crippen LogP contribution in [0.4, 0.5) is 5.69 Å². The highest BCUT2D eigenvalue weighted by atomic mass is 79.9. The molecule has 2 aromatic rings. The fourth-order valence-corrected chi connectivity index (χ4v) is 2.27. The van der Waals surface area contributed by atoms with Crippen LogP contribution in [-0.4, -0.2) is 4.92 Å². The topological polar surface area (TPSA) is 43.1 Å². The summed E-state index contributed by atoms with van der Waals surface area (Å²) in [5, 5.41) is 11.0. The molecule has 2 rings (SSSR count). The van der Waals surface area contributed by atoms with Crippen LogP contribution in [0.25, 0.3) is 11.1 Å². The van der Waals surface area contributed by atoms with Gasteiger partial charge in [0, 0.05) is 16.1 Å². The third-order valence-corrected chi connectivity index (χ3v) is 3.19. The molecule has 3 nitrogen and oxygen atoms in total. The van der Waals surface area contributed by atoms with E-state index in [0.29, 0.717) is 10.0 Å². The molecule has 0 saturated carbocycles. The molecule has 18 heavy (non-hydrogen) atoms. The van der Waals surface area contributed by atoms with Crippen LogP contribution in [0.1, 0.15) is 5.56 Å². The van der Waals surface area contributed by atoms with Gasteiger partial charge < -0.3 is 0 Å². The van der Waals surface area contributed by atoms with Gasteiger partial charge in [0.1, 0.15) is 0 Å². The maximum atomic E-state index is 11.0. The second-order valence-electron chi connectivity index (χ2n) is 3.61. The van der Waals surface area contributed by atoms with E-state index < -0.39 is 4.92 Å². The van der Waals surface area contributed by atoms with Gasteiger partial charge in [0.2, 0.25) is 0 Å². The molecule has 0 aromatic heterocycles. The molecule has 88 valence electrons. The number of hydrogen-bond acceptors (Lipinski definition) is 2. The molecule has 0 saturated heterocycles. The van der Waals surface area contributed by atoms with Crippen molar-refractivity contribution in [1.82, 2.24) is 0 Å². The van der Waals surface area contributed by atoms with Crippen LogP contribution in [0.2, 0.25) is 0 Å². The third-order valence-electron chi connectivity index (χ3n) is 2.53. The van der Waals surface area contributed by atoms with E-state index >= 15 is 0 Å². The van der Waals surface area contributed by atoms with Crippen molar-refractivity contribution in [3.63, 3.8) is 0 Å². The lowest BCUT2D eigenvalue weighted by Crippen LogP contribution is -1.92. The van der Waals surface area contributed by atoms with Crippen molar-refractivity contribution >= 4 is 21.6 Å². The monoisotopic (exact) mass is 301 g/mol. The maximum Gasteiger partial charge on any atom is 0.278 e. The van der Waals surface area contributed by atoms with E-state index in [4.69, 9.17) is 6.42 Å².